The molecule has 0 fully saturated rings. The highest BCUT2D eigenvalue weighted by Crippen LogP contribution is 2.27. The lowest BCUT2D eigenvalue weighted by Crippen LogP contribution is -2.44. The van der Waals surface area contributed by atoms with Crippen molar-refractivity contribution in [2.24, 2.45) is 4.99 Å². The van der Waals surface area contributed by atoms with E-state index in [0.717, 1.165) is 42.2 Å². The zero-order valence-corrected chi connectivity index (χ0v) is 15.9. The highest BCUT2D eigenvalue weighted by molar-refractivity contribution is 6.22. The lowest BCUT2D eigenvalue weighted by Gasteiger charge is -2.27. The second kappa shape index (κ2) is 8.17. The molecule has 3 rings (SSSR count). The molecule has 4 nitrogen and oxygen atoms in total. The molecular weight excluding hydrogens is 322 g/mol. The summed E-state index contributed by atoms with van der Waals surface area (Å²) < 4.78 is 0. The van der Waals surface area contributed by atoms with Crippen LogP contribution in [0.15, 0.2) is 59.6 Å². The molecule has 26 heavy (non-hydrogen) atoms. The number of anilines is 1. The van der Waals surface area contributed by atoms with Gasteiger partial charge in [-0.05, 0) is 30.5 Å². The van der Waals surface area contributed by atoms with Crippen LogP contribution in [0.25, 0.3) is 0 Å². The van der Waals surface area contributed by atoms with Gasteiger partial charge in [-0.3, -0.25) is 4.79 Å². The first kappa shape index (κ1) is 18.2. The predicted molar refractivity (Wildman–Crippen MR) is 108 cm³/mol. The molecule has 0 N–H and O–H groups in total. The van der Waals surface area contributed by atoms with E-state index >= 15 is 0 Å². The number of aliphatic imine (C=N–C) groups is 1. The van der Waals surface area contributed by atoms with Crippen LogP contribution in [0.1, 0.15) is 30.9 Å². The summed E-state index contributed by atoms with van der Waals surface area (Å²) in [6.45, 7) is 5.10. The van der Waals surface area contributed by atoms with Crippen molar-refractivity contribution < 1.29 is 4.79 Å². The maximum atomic E-state index is 13.2. The average Bonchev–Trinajstić information content (AvgIpc) is 2.97. The van der Waals surface area contributed by atoms with Crippen LogP contribution >= 0.6 is 0 Å². The number of amides is 1. The zero-order valence-electron chi connectivity index (χ0n) is 15.9. The summed E-state index contributed by atoms with van der Waals surface area (Å²) in [7, 11) is 2.03. The zero-order chi connectivity index (χ0) is 18.5. The van der Waals surface area contributed by atoms with Gasteiger partial charge in [-0.15, -0.1) is 0 Å². The number of guanidine groups is 1. The number of rotatable bonds is 6. The van der Waals surface area contributed by atoms with Crippen molar-refractivity contribution in [2.75, 3.05) is 18.5 Å². The number of nitrogens with zero attached hydrogens (tertiary/aromatic N) is 3. The highest BCUT2D eigenvalue weighted by atomic mass is 16.2. The van der Waals surface area contributed by atoms with E-state index in [1.165, 1.54) is 0 Å². The first-order valence-corrected chi connectivity index (χ1v) is 9.34. The molecule has 1 heterocycles. The molecule has 0 radical (unpaired) electrons. The Morgan fingerprint density at radius 2 is 1.77 bits per heavy atom. The van der Waals surface area contributed by atoms with E-state index in [2.05, 4.69) is 24.0 Å². The fraction of sp³-hybridized carbons (Fsp3) is 0.364. The van der Waals surface area contributed by atoms with Gasteiger partial charge < -0.3 is 4.90 Å². The Hall–Kier alpha value is -2.62. The van der Waals surface area contributed by atoms with Crippen molar-refractivity contribution in [2.45, 2.75) is 39.2 Å². The van der Waals surface area contributed by atoms with Crippen molar-refractivity contribution in [1.29, 1.82) is 0 Å². The fourth-order valence-corrected chi connectivity index (χ4v) is 3.28. The van der Waals surface area contributed by atoms with Crippen LogP contribution < -0.4 is 4.90 Å². The van der Waals surface area contributed by atoms with Gasteiger partial charge in [0.15, 0.2) is 0 Å². The van der Waals surface area contributed by atoms with Gasteiger partial charge in [-0.2, -0.15) is 0 Å². The van der Waals surface area contributed by atoms with Gasteiger partial charge in [-0.25, -0.2) is 9.89 Å². The van der Waals surface area contributed by atoms with E-state index in [4.69, 9.17) is 4.99 Å². The van der Waals surface area contributed by atoms with Gasteiger partial charge in [0.25, 0.3) is 5.91 Å². The Morgan fingerprint density at radius 3 is 2.46 bits per heavy atom. The largest absolute Gasteiger partial charge is 0.345 e. The van der Waals surface area contributed by atoms with Gasteiger partial charge in [0.2, 0.25) is 5.96 Å². The van der Waals surface area contributed by atoms with Crippen LogP contribution in [0.5, 0.6) is 0 Å². The standard InChI is InChI=1S/C22H27N3O/c1-4-5-15-24(3)22-23-19(16-18-12-7-6-8-13-18)21(26)25(22)20-14-10-9-11-17(20)2/h6-14,19H,4-5,15-16H2,1-3H3. The summed E-state index contributed by atoms with van der Waals surface area (Å²) in [5.74, 6) is 0.820. The van der Waals surface area contributed by atoms with Gasteiger partial charge >= 0.3 is 0 Å². The van der Waals surface area contributed by atoms with Crippen LogP contribution in [0.3, 0.4) is 0 Å². The minimum absolute atomic E-state index is 0.0569. The van der Waals surface area contributed by atoms with E-state index in [1.807, 2.05) is 56.4 Å². The number of aryl methyl sites for hydroxylation is 1. The minimum atomic E-state index is -0.365. The van der Waals surface area contributed by atoms with Gasteiger partial charge in [-0.1, -0.05) is 61.9 Å². The second-order valence-electron chi connectivity index (χ2n) is 6.87. The Labute approximate surface area is 156 Å². The molecule has 1 unspecified atom stereocenters. The monoisotopic (exact) mass is 349 g/mol. The average molecular weight is 349 g/mol. The molecule has 136 valence electrons. The summed E-state index contributed by atoms with van der Waals surface area (Å²) in [6, 6.07) is 17.8. The third kappa shape index (κ3) is 3.79. The molecule has 1 aliphatic rings. The summed E-state index contributed by atoms with van der Waals surface area (Å²) in [5, 5.41) is 0. The fourth-order valence-electron chi connectivity index (χ4n) is 3.28. The van der Waals surface area contributed by atoms with Crippen molar-refractivity contribution in [3.05, 3.63) is 65.7 Å². The highest BCUT2D eigenvalue weighted by Gasteiger charge is 2.37. The number of carbonyl (C=O) groups is 1. The minimum Gasteiger partial charge on any atom is -0.345 e. The Kier molecular flexibility index (Phi) is 5.71. The molecule has 2 aromatic carbocycles. The molecule has 4 heteroatoms. The van der Waals surface area contributed by atoms with Crippen molar-refractivity contribution in [3.8, 4) is 0 Å². The summed E-state index contributed by atoms with van der Waals surface area (Å²) in [6.07, 6.45) is 2.82. The topological polar surface area (TPSA) is 35.9 Å². The molecule has 1 amide bonds. The van der Waals surface area contributed by atoms with Crippen molar-refractivity contribution in [3.63, 3.8) is 0 Å². The number of unbranched alkanes of at least 4 members (excludes halogenated alkanes) is 1. The second-order valence-corrected chi connectivity index (χ2v) is 6.87. The number of hydrogen-bond donors (Lipinski definition) is 0. The smallest absolute Gasteiger partial charge is 0.259 e. The molecule has 0 bridgehead atoms. The molecule has 0 saturated carbocycles. The molecule has 0 spiro atoms. The first-order valence-electron chi connectivity index (χ1n) is 9.34. The van der Waals surface area contributed by atoms with Crippen LogP contribution in [0, 0.1) is 6.92 Å². The van der Waals surface area contributed by atoms with E-state index < -0.39 is 0 Å². The Bertz CT molecular complexity index is 785. The number of para-hydroxylation sites is 1. The van der Waals surface area contributed by atoms with Crippen LogP contribution in [-0.4, -0.2) is 36.4 Å². The van der Waals surface area contributed by atoms with Gasteiger partial charge in [0.05, 0.1) is 5.69 Å². The lowest BCUT2D eigenvalue weighted by atomic mass is 10.1. The quantitative estimate of drug-likeness (QED) is 0.789. The number of benzene rings is 2. The van der Waals surface area contributed by atoms with E-state index in [1.54, 1.807) is 4.90 Å². The van der Waals surface area contributed by atoms with Crippen molar-refractivity contribution in [1.82, 2.24) is 4.90 Å². The van der Waals surface area contributed by atoms with E-state index in [9.17, 15) is 4.79 Å². The normalized spacial score (nSPS) is 16.7. The number of carbonyl (C=O) groups excluding carboxylic acids is 1. The summed E-state index contributed by atoms with van der Waals surface area (Å²) in [4.78, 5) is 22.0. The Balaban J connectivity index is 1.92. The van der Waals surface area contributed by atoms with Gasteiger partial charge in [0.1, 0.15) is 6.04 Å². The van der Waals surface area contributed by atoms with Gasteiger partial charge in [0, 0.05) is 20.0 Å². The number of hydrogen-bond acceptors (Lipinski definition) is 3. The lowest BCUT2D eigenvalue weighted by molar-refractivity contribution is -0.118. The molecule has 0 saturated heterocycles. The maximum Gasteiger partial charge on any atom is 0.259 e. The van der Waals surface area contributed by atoms with Crippen LogP contribution in [0.4, 0.5) is 5.69 Å². The molecule has 1 atom stereocenters. The first-order chi connectivity index (χ1) is 12.6. The SMILES string of the molecule is CCCCN(C)C1=NC(Cc2ccccc2)C(=O)N1c1ccccc1C. The third-order valence-corrected chi connectivity index (χ3v) is 4.79. The van der Waals surface area contributed by atoms with E-state index in [0.29, 0.717) is 6.42 Å². The molecule has 0 aliphatic carbocycles. The van der Waals surface area contributed by atoms with Crippen molar-refractivity contribution >= 4 is 17.6 Å². The summed E-state index contributed by atoms with van der Waals surface area (Å²) >= 11 is 0. The Morgan fingerprint density at radius 1 is 1.08 bits per heavy atom. The third-order valence-electron chi connectivity index (χ3n) is 4.79. The predicted octanol–water partition coefficient (Wildman–Crippen LogP) is 4.04. The maximum absolute atomic E-state index is 13.2. The molecule has 0 aromatic heterocycles. The summed E-state index contributed by atoms with van der Waals surface area (Å²) in [5.41, 5.74) is 3.14. The molecule has 2 aromatic rings. The molecular formula is C22H27N3O. The molecule has 1 aliphatic heterocycles. The van der Waals surface area contributed by atoms with Crippen LogP contribution in [-0.2, 0) is 11.2 Å². The van der Waals surface area contributed by atoms with Crippen LogP contribution in [0.2, 0.25) is 0 Å². The van der Waals surface area contributed by atoms with E-state index in [-0.39, 0.29) is 11.9 Å².